The molecule has 4 rings (SSSR count). The van der Waals surface area contributed by atoms with E-state index in [2.05, 4.69) is 5.32 Å². The molecule has 2 amide bonds. The molecule has 27 heavy (non-hydrogen) atoms. The van der Waals surface area contributed by atoms with Gasteiger partial charge in [-0.3, -0.25) is 14.9 Å². The van der Waals surface area contributed by atoms with Gasteiger partial charge in [0.25, 0.3) is 11.8 Å². The van der Waals surface area contributed by atoms with Crippen molar-refractivity contribution in [3.05, 3.63) is 71.4 Å². The number of carbonyl (C=O) groups is 2. The van der Waals surface area contributed by atoms with Gasteiger partial charge in [-0.1, -0.05) is 30.3 Å². The van der Waals surface area contributed by atoms with E-state index < -0.39 is 23.6 Å². The van der Waals surface area contributed by atoms with Crippen LogP contribution in [0.5, 0.6) is 0 Å². The molecule has 0 radical (unpaired) electrons. The number of benzene rings is 2. The van der Waals surface area contributed by atoms with Gasteiger partial charge in [-0.25, -0.2) is 0 Å². The highest BCUT2D eigenvalue weighted by atomic mass is 19.4. The molecule has 0 atom stereocenters. The van der Waals surface area contributed by atoms with Crippen LogP contribution in [0.2, 0.25) is 0 Å². The van der Waals surface area contributed by atoms with Crippen molar-refractivity contribution >= 4 is 33.9 Å². The Kier molecular flexibility index (Phi) is 3.69. The number of carbonyl (C=O) groups excluding carboxylic acids is 2. The summed E-state index contributed by atoms with van der Waals surface area (Å²) in [6.07, 6.45) is -2.85. The van der Waals surface area contributed by atoms with Gasteiger partial charge in [-0.05, 0) is 23.8 Å². The molecular formula is C20H13F3N2O2. The Labute approximate surface area is 151 Å². The number of aryl methyl sites for hydroxylation is 1. The Balaban J connectivity index is 2.00. The fraction of sp³-hybridized carbons (Fsp3) is 0.100. The van der Waals surface area contributed by atoms with Crippen LogP contribution < -0.4 is 5.32 Å². The van der Waals surface area contributed by atoms with E-state index in [0.717, 1.165) is 23.0 Å². The number of amides is 2. The van der Waals surface area contributed by atoms with Crippen molar-refractivity contribution in [3.8, 4) is 0 Å². The lowest BCUT2D eigenvalue weighted by Crippen LogP contribution is -2.22. The number of imide groups is 1. The summed E-state index contributed by atoms with van der Waals surface area (Å²) in [6.45, 7) is 0. The largest absolute Gasteiger partial charge is 0.416 e. The standard InChI is InChI=1S/C20H13F3N2O2/c1-25-10-14(13-7-2-3-8-15(13)25)17-16(18(26)24-19(17)27)11-5-4-6-12(9-11)20(21,22)23/h2-10H,1H3,(H,24,26,27). The zero-order valence-corrected chi connectivity index (χ0v) is 14.1. The second-order valence-corrected chi connectivity index (χ2v) is 6.28. The van der Waals surface area contributed by atoms with Crippen molar-refractivity contribution in [2.24, 2.45) is 7.05 Å². The molecule has 1 aromatic heterocycles. The van der Waals surface area contributed by atoms with E-state index in [1.807, 2.05) is 12.1 Å². The van der Waals surface area contributed by atoms with E-state index in [1.54, 1.807) is 29.9 Å². The summed E-state index contributed by atoms with van der Waals surface area (Å²) in [7, 11) is 1.80. The first kappa shape index (κ1) is 17.1. The van der Waals surface area contributed by atoms with Crippen molar-refractivity contribution in [1.29, 1.82) is 0 Å². The highest BCUT2D eigenvalue weighted by Gasteiger charge is 2.36. The highest BCUT2D eigenvalue weighted by molar-refractivity contribution is 6.50. The summed E-state index contributed by atoms with van der Waals surface area (Å²) in [5.41, 5.74) is 0.547. The molecule has 2 aromatic carbocycles. The summed E-state index contributed by atoms with van der Waals surface area (Å²) < 4.78 is 41.0. The maximum atomic E-state index is 13.1. The lowest BCUT2D eigenvalue weighted by Gasteiger charge is -2.09. The quantitative estimate of drug-likeness (QED) is 0.699. The first-order valence-electron chi connectivity index (χ1n) is 8.09. The second-order valence-electron chi connectivity index (χ2n) is 6.28. The molecule has 7 heteroatoms. The normalized spacial score (nSPS) is 15.0. The molecule has 0 fully saturated rings. The van der Waals surface area contributed by atoms with Crippen molar-refractivity contribution in [3.63, 3.8) is 0 Å². The Hall–Kier alpha value is -3.35. The minimum atomic E-state index is -4.55. The molecule has 0 saturated carbocycles. The third-order valence-corrected chi connectivity index (χ3v) is 4.58. The van der Waals surface area contributed by atoms with E-state index in [1.165, 1.54) is 12.1 Å². The Morgan fingerprint density at radius 2 is 1.63 bits per heavy atom. The van der Waals surface area contributed by atoms with E-state index in [4.69, 9.17) is 0 Å². The molecule has 136 valence electrons. The lowest BCUT2D eigenvalue weighted by molar-refractivity contribution is -0.137. The summed E-state index contributed by atoms with van der Waals surface area (Å²) in [4.78, 5) is 24.9. The smallest absolute Gasteiger partial charge is 0.350 e. The Morgan fingerprint density at radius 3 is 2.37 bits per heavy atom. The van der Waals surface area contributed by atoms with Gasteiger partial charge in [-0.2, -0.15) is 13.2 Å². The van der Waals surface area contributed by atoms with Gasteiger partial charge in [0.05, 0.1) is 16.7 Å². The minimum absolute atomic E-state index is 0.0520. The maximum absolute atomic E-state index is 13.1. The molecule has 1 N–H and O–H groups in total. The van der Waals surface area contributed by atoms with Gasteiger partial charge >= 0.3 is 6.18 Å². The Bertz CT molecular complexity index is 1140. The summed E-state index contributed by atoms with van der Waals surface area (Å²) >= 11 is 0. The lowest BCUT2D eigenvalue weighted by atomic mass is 9.95. The fourth-order valence-electron chi connectivity index (χ4n) is 3.38. The first-order valence-corrected chi connectivity index (χ1v) is 8.09. The number of nitrogens with zero attached hydrogens (tertiary/aromatic N) is 1. The average Bonchev–Trinajstić information content (AvgIpc) is 3.10. The van der Waals surface area contributed by atoms with Crippen LogP contribution in [0.1, 0.15) is 16.7 Å². The van der Waals surface area contributed by atoms with E-state index in [9.17, 15) is 22.8 Å². The molecule has 1 aliphatic rings. The third kappa shape index (κ3) is 2.71. The number of aromatic nitrogens is 1. The minimum Gasteiger partial charge on any atom is -0.350 e. The monoisotopic (exact) mass is 370 g/mol. The van der Waals surface area contributed by atoms with Gasteiger partial charge in [0, 0.05) is 29.7 Å². The third-order valence-electron chi connectivity index (χ3n) is 4.58. The Morgan fingerprint density at radius 1 is 0.926 bits per heavy atom. The SMILES string of the molecule is Cn1cc(C2=C(c3cccc(C(F)(F)F)c3)C(=O)NC2=O)c2ccccc21. The number of hydrogen-bond acceptors (Lipinski definition) is 2. The molecule has 4 nitrogen and oxygen atoms in total. The van der Waals surface area contributed by atoms with Crippen molar-refractivity contribution in [2.75, 3.05) is 0 Å². The molecule has 0 bridgehead atoms. The maximum Gasteiger partial charge on any atom is 0.416 e. The fourth-order valence-corrected chi connectivity index (χ4v) is 3.38. The molecule has 1 aliphatic heterocycles. The molecule has 2 heterocycles. The van der Waals surface area contributed by atoms with Gasteiger partial charge < -0.3 is 4.57 Å². The number of nitrogens with one attached hydrogen (secondary N) is 1. The van der Waals surface area contributed by atoms with Crippen molar-refractivity contribution in [2.45, 2.75) is 6.18 Å². The number of halogens is 3. The molecule has 0 spiro atoms. The van der Waals surface area contributed by atoms with Crippen molar-refractivity contribution in [1.82, 2.24) is 9.88 Å². The number of alkyl halides is 3. The van der Waals surface area contributed by atoms with E-state index in [-0.39, 0.29) is 16.7 Å². The summed E-state index contributed by atoms with van der Waals surface area (Å²) in [5.74, 6) is -1.33. The summed E-state index contributed by atoms with van der Waals surface area (Å²) in [6, 6.07) is 11.7. The first-order chi connectivity index (χ1) is 12.8. The van der Waals surface area contributed by atoms with Crippen LogP contribution in [0.4, 0.5) is 13.2 Å². The van der Waals surface area contributed by atoms with Crippen LogP contribution >= 0.6 is 0 Å². The van der Waals surface area contributed by atoms with Crippen LogP contribution in [0, 0.1) is 0 Å². The zero-order chi connectivity index (χ0) is 19.3. The predicted octanol–water partition coefficient (Wildman–Crippen LogP) is 3.76. The van der Waals surface area contributed by atoms with Crippen LogP contribution in [-0.4, -0.2) is 16.4 Å². The number of fused-ring (bicyclic) bond motifs is 1. The van der Waals surface area contributed by atoms with Gasteiger partial charge in [0.2, 0.25) is 0 Å². The number of para-hydroxylation sites is 1. The molecule has 0 saturated heterocycles. The molecule has 0 unspecified atom stereocenters. The summed E-state index contributed by atoms with van der Waals surface area (Å²) in [5, 5.41) is 2.94. The second kappa shape index (κ2) is 5.84. The molecule has 0 aliphatic carbocycles. The van der Waals surface area contributed by atoms with Gasteiger partial charge in [0.15, 0.2) is 0 Å². The van der Waals surface area contributed by atoms with Gasteiger partial charge in [-0.15, -0.1) is 0 Å². The van der Waals surface area contributed by atoms with Crippen LogP contribution in [-0.2, 0) is 22.8 Å². The van der Waals surface area contributed by atoms with Crippen LogP contribution in [0.25, 0.3) is 22.0 Å². The van der Waals surface area contributed by atoms with E-state index >= 15 is 0 Å². The number of hydrogen-bond donors (Lipinski definition) is 1. The molecular weight excluding hydrogens is 357 g/mol. The van der Waals surface area contributed by atoms with Gasteiger partial charge in [0.1, 0.15) is 0 Å². The average molecular weight is 370 g/mol. The predicted molar refractivity (Wildman–Crippen MR) is 94.3 cm³/mol. The number of rotatable bonds is 2. The van der Waals surface area contributed by atoms with E-state index in [0.29, 0.717) is 5.56 Å². The topological polar surface area (TPSA) is 51.1 Å². The van der Waals surface area contributed by atoms with Crippen molar-refractivity contribution < 1.29 is 22.8 Å². The zero-order valence-electron chi connectivity index (χ0n) is 14.1. The molecule has 3 aromatic rings. The van der Waals surface area contributed by atoms with Crippen LogP contribution in [0.15, 0.2) is 54.7 Å². The highest BCUT2D eigenvalue weighted by Crippen LogP contribution is 2.37. The van der Waals surface area contributed by atoms with Crippen LogP contribution in [0.3, 0.4) is 0 Å².